The van der Waals surface area contributed by atoms with Gasteiger partial charge in [0.2, 0.25) is 0 Å². The van der Waals surface area contributed by atoms with Gasteiger partial charge in [0, 0.05) is 0 Å². The minimum Gasteiger partial charge on any atom is -0.370 e. The molecule has 14 heavy (non-hydrogen) atoms. The van der Waals surface area contributed by atoms with Crippen molar-refractivity contribution in [2.24, 2.45) is 27.3 Å². The van der Waals surface area contributed by atoms with Crippen molar-refractivity contribution in [2.45, 2.75) is 33.7 Å². The van der Waals surface area contributed by atoms with Crippen molar-refractivity contribution >= 4 is 11.9 Å². The molecule has 0 atom stereocenters. The summed E-state index contributed by atoms with van der Waals surface area (Å²) < 4.78 is 0. The molecule has 0 heterocycles. The van der Waals surface area contributed by atoms with E-state index in [1.807, 2.05) is 0 Å². The van der Waals surface area contributed by atoms with Crippen LogP contribution in [0.25, 0.3) is 0 Å². The molecule has 6 N–H and O–H groups in total. The van der Waals surface area contributed by atoms with Crippen LogP contribution in [0.2, 0.25) is 0 Å². The van der Waals surface area contributed by atoms with Gasteiger partial charge in [-0.3, -0.25) is 10.7 Å². The van der Waals surface area contributed by atoms with Gasteiger partial charge in [0.1, 0.15) is 0 Å². The molecule has 0 aliphatic heterocycles. The highest BCUT2D eigenvalue weighted by Crippen LogP contribution is 2.64. The molecule has 0 amide bonds. The second-order valence-electron chi connectivity index (χ2n) is 4.90. The first-order valence-corrected chi connectivity index (χ1v) is 4.64. The maximum Gasteiger partial charge on any atom is 0.195 e. The van der Waals surface area contributed by atoms with Crippen molar-refractivity contribution in [3.63, 3.8) is 0 Å². The average Bonchev–Trinajstić information content (AvgIpc) is 2.30. The lowest BCUT2D eigenvalue weighted by Gasteiger charge is -2.02. The minimum atomic E-state index is -0.178. The second-order valence-corrected chi connectivity index (χ2v) is 4.90. The smallest absolute Gasteiger partial charge is 0.195 e. The Morgan fingerprint density at radius 2 is 1.64 bits per heavy atom. The summed E-state index contributed by atoms with van der Waals surface area (Å²) in [6, 6.07) is 0.196. The van der Waals surface area contributed by atoms with Gasteiger partial charge in [-0.1, -0.05) is 27.7 Å². The van der Waals surface area contributed by atoms with E-state index in [0.29, 0.717) is 0 Å². The second kappa shape index (κ2) is 2.87. The quantitative estimate of drug-likeness (QED) is 0.357. The first-order chi connectivity index (χ1) is 6.19. The van der Waals surface area contributed by atoms with Gasteiger partial charge < -0.3 is 11.5 Å². The molecule has 0 bridgehead atoms. The van der Waals surface area contributed by atoms with Crippen LogP contribution in [0, 0.1) is 16.2 Å². The average molecular weight is 197 g/mol. The number of nitrogens with one attached hydrogen (secondary N) is 2. The first-order valence-electron chi connectivity index (χ1n) is 4.64. The predicted octanol–water partition coefficient (Wildman–Crippen LogP) is 0.219. The van der Waals surface area contributed by atoms with Crippen LogP contribution < -0.4 is 16.8 Å². The Balaban J connectivity index is 2.68. The summed E-state index contributed by atoms with van der Waals surface area (Å²) in [6.07, 6.45) is 0. The third-order valence-electron chi connectivity index (χ3n) is 3.48. The molecule has 0 aromatic carbocycles. The number of guanidine groups is 2. The highest BCUT2D eigenvalue weighted by molar-refractivity contribution is 5.95. The Labute approximate surface area is 84.5 Å². The van der Waals surface area contributed by atoms with Crippen LogP contribution in [0.3, 0.4) is 0 Å². The van der Waals surface area contributed by atoms with Gasteiger partial charge >= 0.3 is 0 Å². The van der Waals surface area contributed by atoms with Crippen molar-refractivity contribution in [3.05, 3.63) is 0 Å². The van der Waals surface area contributed by atoms with Crippen LogP contribution in [0.4, 0.5) is 0 Å². The van der Waals surface area contributed by atoms with E-state index in [-0.39, 0.29) is 28.8 Å². The van der Waals surface area contributed by atoms with Crippen molar-refractivity contribution in [1.29, 1.82) is 5.41 Å². The van der Waals surface area contributed by atoms with Crippen LogP contribution >= 0.6 is 0 Å². The Hall–Kier alpha value is -1.26. The summed E-state index contributed by atoms with van der Waals surface area (Å²) in [4.78, 5) is 4.30. The van der Waals surface area contributed by atoms with Crippen LogP contribution in [0.5, 0.6) is 0 Å². The fraction of sp³-hybridized carbons (Fsp3) is 0.778. The van der Waals surface area contributed by atoms with Gasteiger partial charge in [0.05, 0.1) is 6.04 Å². The summed E-state index contributed by atoms with van der Waals surface area (Å²) in [5.41, 5.74) is 11.0. The van der Waals surface area contributed by atoms with Crippen LogP contribution in [0.1, 0.15) is 27.7 Å². The minimum absolute atomic E-state index is 0.163. The Bertz CT molecular complexity index is 276. The fourth-order valence-electron chi connectivity index (χ4n) is 1.79. The van der Waals surface area contributed by atoms with E-state index in [4.69, 9.17) is 16.9 Å². The summed E-state index contributed by atoms with van der Waals surface area (Å²) in [5.74, 6) is 0.0451. The molecule has 0 saturated heterocycles. The monoisotopic (exact) mass is 197 g/mol. The zero-order chi connectivity index (χ0) is 11.1. The third-order valence-corrected chi connectivity index (χ3v) is 3.48. The lowest BCUT2D eigenvalue weighted by molar-refractivity contribution is 0.457. The summed E-state index contributed by atoms with van der Waals surface area (Å²) in [7, 11) is 0. The van der Waals surface area contributed by atoms with Gasteiger partial charge in [-0.15, -0.1) is 0 Å². The normalized spacial score (nSPS) is 24.4. The number of aliphatic imine (C=N–C) groups is 1. The molecule has 0 unspecified atom stereocenters. The summed E-state index contributed by atoms with van der Waals surface area (Å²) in [5, 5.41) is 9.47. The van der Waals surface area contributed by atoms with E-state index in [1.54, 1.807) is 0 Å². The maximum absolute atomic E-state index is 6.99. The molecule has 1 rings (SSSR count). The molecule has 0 radical (unpaired) electrons. The molecule has 1 fully saturated rings. The molecule has 1 aliphatic rings. The summed E-state index contributed by atoms with van der Waals surface area (Å²) >= 11 is 0. The van der Waals surface area contributed by atoms with E-state index >= 15 is 0 Å². The van der Waals surface area contributed by atoms with E-state index in [9.17, 15) is 0 Å². The zero-order valence-corrected chi connectivity index (χ0v) is 9.18. The largest absolute Gasteiger partial charge is 0.370 e. The summed E-state index contributed by atoms with van der Waals surface area (Å²) in [6.45, 7) is 8.62. The van der Waals surface area contributed by atoms with E-state index in [0.717, 1.165) is 0 Å². The molecule has 0 aromatic rings. The maximum atomic E-state index is 6.99. The topological polar surface area (TPSA) is 100 Å². The van der Waals surface area contributed by atoms with Gasteiger partial charge in [-0.05, 0) is 10.8 Å². The molecule has 5 nitrogen and oxygen atoms in total. The van der Waals surface area contributed by atoms with Crippen molar-refractivity contribution in [2.75, 3.05) is 0 Å². The van der Waals surface area contributed by atoms with Crippen LogP contribution in [-0.4, -0.2) is 18.0 Å². The van der Waals surface area contributed by atoms with E-state index in [1.165, 1.54) is 0 Å². The Morgan fingerprint density at radius 1 is 1.21 bits per heavy atom. The van der Waals surface area contributed by atoms with Crippen LogP contribution in [-0.2, 0) is 0 Å². The lowest BCUT2D eigenvalue weighted by atomic mass is 10.0. The van der Waals surface area contributed by atoms with Crippen molar-refractivity contribution in [3.8, 4) is 0 Å². The predicted molar refractivity (Wildman–Crippen MR) is 58.0 cm³/mol. The number of hydrogen-bond donors (Lipinski definition) is 4. The molecule has 0 aromatic heterocycles. The Morgan fingerprint density at radius 3 is 1.93 bits per heavy atom. The van der Waals surface area contributed by atoms with Gasteiger partial charge in [-0.25, -0.2) is 4.99 Å². The third kappa shape index (κ3) is 1.54. The molecule has 0 spiro atoms. The van der Waals surface area contributed by atoms with Crippen molar-refractivity contribution < 1.29 is 0 Å². The molecule has 5 heteroatoms. The van der Waals surface area contributed by atoms with Crippen molar-refractivity contribution in [1.82, 2.24) is 5.32 Å². The molecule has 1 aliphatic carbocycles. The highest BCUT2D eigenvalue weighted by Gasteiger charge is 2.65. The van der Waals surface area contributed by atoms with E-state index in [2.05, 4.69) is 38.0 Å². The number of nitrogens with zero attached hydrogens (tertiary/aromatic N) is 1. The van der Waals surface area contributed by atoms with Crippen LogP contribution in [0.15, 0.2) is 4.99 Å². The SMILES string of the molecule is CC1(C)C(N=C(N)NC(=N)N)C1(C)C. The first kappa shape index (κ1) is 10.8. The molecule has 1 saturated carbocycles. The molecular formula is C9H19N5. The van der Waals surface area contributed by atoms with E-state index < -0.39 is 0 Å². The van der Waals surface area contributed by atoms with Gasteiger partial charge in [-0.2, -0.15) is 0 Å². The lowest BCUT2D eigenvalue weighted by Crippen LogP contribution is -2.41. The van der Waals surface area contributed by atoms with Gasteiger partial charge in [0.25, 0.3) is 0 Å². The standard InChI is InChI=1S/C9H19N5/c1-8(2)5(9(8,3)4)13-7(12)14-6(10)11/h5H,1-4H3,(H6,10,11,12,13,14). The highest BCUT2D eigenvalue weighted by atomic mass is 15.2. The zero-order valence-electron chi connectivity index (χ0n) is 9.18. The molecular weight excluding hydrogens is 178 g/mol. The number of rotatable bonds is 1. The number of nitrogens with two attached hydrogens (primary N) is 2. The fourth-order valence-corrected chi connectivity index (χ4v) is 1.79. The number of hydrogen-bond acceptors (Lipinski definition) is 2. The molecule has 80 valence electrons. The van der Waals surface area contributed by atoms with Gasteiger partial charge in [0.15, 0.2) is 11.9 Å². The Kier molecular flexibility index (Phi) is 2.21.